The number of aryl methyl sites for hydroxylation is 1. The van der Waals surface area contributed by atoms with E-state index in [9.17, 15) is 13.2 Å². The standard InChI is InChI=1S/C18H20N2O3S/c1-14-7-5-6-10-16(14)17-18(21)19-11-12-20(17)24(22,23)13-15-8-3-2-4-9-15/h2-10,17H,11-13H2,1H3,(H,19,21). The van der Waals surface area contributed by atoms with Crippen LogP contribution in [0.15, 0.2) is 54.6 Å². The van der Waals surface area contributed by atoms with Crippen molar-refractivity contribution in [2.75, 3.05) is 13.1 Å². The van der Waals surface area contributed by atoms with E-state index in [-0.39, 0.29) is 18.2 Å². The Morgan fingerprint density at radius 3 is 2.46 bits per heavy atom. The van der Waals surface area contributed by atoms with Crippen LogP contribution in [0.5, 0.6) is 0 Å². The Morgan fingerprint density at radius 1 is 1.08 bits per heavy atom. The van der Waals surface area contributed by atoms with Crippen molar-refractivity contribution >= 4 is 15.9 Å². The van der Waals surface area contributed by atoms with Gasteiger partial charge in [0.25, 0.3) is 0 Å². The number of amides is 1. The quantitative estimate of drug-likeness (QED) is 0.922. The van der Waals surface area contributed by atoms with Crippen molar-refractivity contribution in [3.05, 3.63) is 71.3 Å². The number of nitrogens with one attached hydrogen (secondary N) is 1. The lowest BCUT2D eigenvalue weighted by Crippen LogP contribution is -2.52. The van der Waals surface area contributed by atoms with Crippen LogP contribution in [0.2, 0.25) is 0 Å². The van der Waals surface area contributed by atoms with Gasteiger partial charge in [0.15, 0.2) is 0 Å². The van der Waals surface area contributed by atoms with E-state index in [1.807, 2.05) is 49.4 Å². The summed E-state index contributed by atoms with van der Waals surface area (Å²) < 4.78 is 27.2. The van der Waals surface area contributed by atoms with E-state index < -0.39 is 16.1 Å². The SMILES string of the molecule is Cc1ccccc1C1C(=O)NCCN1S(=O)(=O)Cc1ccccc1. The molecule has 1 saturated heterocycles. The van der Waals surface area contributed by atoms with Crippen LogP contribution in [0.4, 0.5) is 0 Å². The summed E-state index contributed by atoms with van der Waals surface area (Å²) in [4.78, 5) is 12.4. The Labute approximate surface area is 142 Å². The molecule has 24 heavy (non-hydrogen) atoms. The molecule has 0 aromatic heterocycles. The van der Waals surface area contributed by atoms with E-state index in [1.54, 1.807) is 12.1 Å². The third-order valence-electron chi connectivity index (χ3n) is 4.20. The minimum Gasteiger partial charge on any atom is -0.353 e. The normalized spacial score (nSPS) is 19.0. The second-order valence-electron chi connectivity index (χ2n) is 5.90. The molecule has 1 heterocycles. The van der Waals surface area contributed by atoms with Crippen molar-refractivity contribution < 1.29 is 13.2 Å². The van der Waals surface area contributed by atoms with E-state index in [0.717, 1.165) is 11.1 Å². The van der Waals surface area contributed by atoms with Gasteiger partial charge in [-0.2, -0.15) is 4.31 Å². The molecule has 1 aliphatic rings. The first kappa shape index (κ1) is 16.7. The number of piperazine rings is 1. The fraction of sp³-hybridized carbons (Fsp3) is 0.278. The molecule has 6 heteroatoms. The molecule has 2 aromatic rings. The largest absolute Gasteiger partial charge is 0.353 e. The third kappa shape index (κ3) is 3.34. The fourth-order valence-corrected chi connectivity index (χ4v) is 4.68. The van der Waals surface area contributed by atoms with E-state index in [0.29, 0.717) is 12.1 Å². The van der Waals surface area contributed by atoms with Crippen LogP contribution in [-0.2, 0) is 20.6 Å². The molecule has 1 fully saturated rings. The second kappa shape index (κ2) is 6.75. The minimum absolute atomic E-state index is 0.108. The van der Waals surface area contributed by atoms with Crippen LogP contribution in [-0.4, -0.2) is 31.7 Å². The van der Waals surface area contributed by atoms with Crippen LogP contribution >= 0.6 is 0 Å². The molecule has 1 unspecified atom stereocenters. The van der Waals surface area contributed by atoms with Crippen molar-refractivity contribution in [2.24, 2.45) is 0 Å². The highest BCUT2D eigenvalue weighted by atomic mass is 32.2. The summed E-state index contributed by atoms with van der Waals surface area (Å²) in [7, 11) is -3.61. The van der Waals surface area contributed by atoms with E-state index in [1.165, 1.54) is 4.31 Å². The molecule has 1 amide bonds. The predicted octanol–water partition coefficient (Wildman–Crippen LogP) is 2.00. The predicted molar refractivity (Wildman–Crippen MR) is 92.7 cm³/mol. The average Bonchev–Trinajstić information content (AvgIpc) is 2.56. The molecule has 3 rings (SSSR count). The molecule has 0 spiro atoms. The monoisotopic (exact) mass is 344 g/mol. The third-order valence-corrected chi connectivity index (χ3v) is 6.01. The molecule has 0 aliphatic carbocycles. The number of hydrogen-bond donors (Lipinski definition) is 1. The van der Waals surface area contributed by atoms with Gasteiger partial charge >= 0.3 is 0 Å². The maximum absolute atomic E-state index is 12.9. The summed E-state index contributed by atoms with van der Waals surface area (Å²) in [5.41, 5.74) is 2.35. The summed E-state index contributed by atoms with van der Waals surface area (Å²) >= 11 is 0. The van der Waals surface area contributed by atoms with Crippen molar-refractivity contribution in [2.45, 2.75) is 18.7 Å². The number of hydrogen-bond acceptors (Lipinski definition) is 3. The van der Waals surface area contributed by atoms with Gasteiger partial charge in [0, 0.05) is 13.1 Å². The lowest BCUT2D eigenvalue weighted by Gasteiger charge is -2.35. The summed E-state index contributed by atoms with van der Waals surface area (Å²) in [5, 5.41) is 2.78. The highest BCUT2D eigenvalue weighted by Crippen LogP contribution is 2.29. The molecule has 0 radical (unpaired) electrons. The highest BCUT2D eigenvalue weighted by Gasteiger charge is 2.39. The Morgan fingerprint density at radius 2 is 1.75 bits per heavy atom. The summed E-state index contributed by atoms with van der Waals surface area (Å²) in [5.74, 6) is -0.379. The van der Waals surface area contributed by atoms with Crippen LogP contribution < -0.4 is 5.32 Å². The first-order valence-corrected chi connectivity index (χ1v) is 9.46. The van der Waals surface area contributed by atoms with Gasteiger partial charge in [-0.1, -0.05) is 54.6 Å². The fourth-order valence-electron chi connectivity index (χ4n) is 3.00. The van der Waals surface area contributed by atoms with E-state index in [2.05, 4.69) is 5.32 Å². The highest BCUT2D eigenvalue weighted by molar-refractivity contribution is 7.88. The topological polar surface area (TPSA) is 66.5 Å². The molecule has 1 N–H and O–H groups in total. The van der Waals surface area contributed by atoms with Crippen molar-refractivity contribution in [1.29, 1.82) is 0 Å². The maximum Gasteiger partial charge on any atom is 0.243 e. The molecule has 126 valence electrons. The second-order valence-corrected chi connectivity index (χ2v) is 7.82. The number of rotatable bonds is 4. The summed E-state index contributed by atoms with van der Waals surface area (Å²) in [6.45, 7) is 2.49. The van der Waals surface area contributed by atoms with Crippen molar-refractivity contribution in [3.8, 4) is 0 Å². The first-order chi connectivity index (χ1) is 11.5. The number of benzene rings is 2. The number of carbonyl (C=O) groups excluding carboxylic acids is 1. The zero-order chi connectivity index (χ0) is 17.2. The van der Waals surface area contributed by atoms with E-state index >= 15 is 0 Å². The molecule has 1 atom stereocenters. The van der Waals surface area contributed by atoms with Gasteiger partial charge in [-0.15, -0.1) is 0 Å². The van der Waals surface area contributed by atoms with Gasteiger partial charge in [0.05, 0.1) is 5.75 Å². The number of sulfonamides is 1. The Bertz CT molecular complexity index is 834. The van der Waals surface area contributed by atoms with Crippen LogP contribution in [0, 0.1) is 6.92 Å². The van der Waals surface area contributed by atoms with Gasteiger partial charge in [0.2, 0.25) is 15.9 Å². The van der Waals surface area contributed by atoms with Crippen molar-refractivity contribution in [3.63, 3.8) is 0 Å². The van der Waals surface area contributed by atoms with Gasteiger partial charge in [0.1, 0.15) is 6.04 Å². The zero-order valence-electron chi connectivity index (χ0n) is 13.5. The molecule has 1 aliphatic heterocycles. The van der Waals surface area contributed by atoms with E-state index in [4.69, 9.17) is 0 Å². The summed E-state index contributed by atoms with van der Waals surface area (Å²) in [6.07, 6.45) is 0. The van der Waals surface area contributed by atoms with Gasteiger partial charge in [-0.25, -0.2) is 8.42 Å². The van der Waals surface area contributed by atoms with Gasteiger partial charge in [-0.3, -0.25) is 4.79 Å². The molecule has 0 bridgehead atoms. The number of carbonyl (C=O) groups is 1. The first-order valence-electron chi connectivity index (χ1n) is 7.86. The molecular weight excluding hydrogens is 324 g/mol. The zero-order valence-corrected chi connectivity index (χ0v) is 14.3. The minimum atomic E-state index is -3.61. The Kier molecular flexibility index (Phi) is 4.69. The molecule has 2 aromatic carbocycles. The maximum atomic E-state index is 12.9. The van der Waals surface area contributed by atoms with Crippen LogP contribution in [0.3, 0.4) is 0 Å². The van der Waals surface area contributed by atoms with Gasteiger partial charge < -0.3 is 5.32 Å². The molecular formula is C18H20N2O3S. The average molecular weight is 344 g/mol. The Hall–Kier alpha value is -2.18. The van der Waals surface area contributed by atoms with Crippen molar-refractivity contribution in [1.82, 2.24) is 9.62 Å². The number of nitrogens with zero attached hydrogens (tertiary/aromatic N) is 1. The molecule has 5 nitrogen and oxygen atoms in total. The Balaban J connectivity index is 1.97. The lowest BCUT2D eigenvalue weighted by molar-refractivity contribution is -0.126. The van der Waals surface area contributed by atoms with Crippen LogP contribution in [0.1, 0.15) is 22.7 Å². The smallest absolute Gasteiger partial charge is 0.243 e. The summed E-state index contributed by atoms with van der Waals surface area (Å²) in [6, 6.07) is 15.6. The van der Waals surface area contributed by atoms with Gasteiger partial charge in [-0.05, 0) is 23.6 Å². The lowest BCUT2D eigenvalue weighted by atomic mass is 9.99. The van der Waals surface area contributed by atoms with Crippen LogP contribution in [0.25, 0.3) is 0 Å². The molecule has 0 saturated carbocycles.